The van der Waals surface area contributed by atoms with Crippen LogP contribution in [0, 0.1) is 16.0 Å². The number of rotatable bonds is 3. The topological polar surface area (TPSA) is 43.1 Å². The zero-order chi connectivity index (χ0) is 8.97. The monoisotopic (exact) mass is 169 g/mol. The second kappa shape index (κ2) is 4.24. The van der Waals surface area contributed by atoms with E-state index in [1.807, 2.05) is 0 Å². The lowest BCUT2D eigenvalue weighted by atomic mass is 9.86. The summed E-state index contributed by atoms with van der Waals surface area (Å²) in [5, 5.41) is 10.3. The van der Waals surface area contributed by atoms with E-state index in [0.717, 1.165) is 12.8 Å². The molecule has 0 aliphatic heterocycles. The van der Waals surface area contributed by atoms with Gasteiger partial charge in [0.2, 0.25) is 5.70 Å². The van der Waals surface area contributed by atoms with Crippen molar-refractivity contribution in [1.29, 1.82) is 0 Å². The van der Waals surface area contributed by atoms with Gasteiger partial charge in [-0.2, -0.15) is 0 Å². The largest absolute Gasteiger partial charge is 0.259 e. The van der Waals surface area contributed by atoms with E-state index >= 15 is 0 Å². The molecule has 3 nitrogen and oxygen atoms in total. The summed E-state index contributed by atoms with van der Waals surface area (Å²) >= 11 is 0. The first-order chi connectivity index (χ1) is 5.70. The molecule has 1 aliphatic carbocycles. The Morgan fingerprint density at radius 2 is 2.00 bits per heavy atom. The van der Waals surface area contributed by atoms with Gasteiger partial charge in [0.05, 0.1) is 4.92 Å². The molecule has 0 heterocycles. The van der Waals surface area contributed by atoms with Crippen molar-refractivity contribution < 1.29 is 4.92 Å². The van der Waals surface area contributed by atoms with Gasteiger partial charge in [0.25, 0.3) is 0 Å². The van der Waals surface area contributed by atoms with Crippen LogP contribution < -0.4 is 0 Å². The van der Waals surface area contributed by atoms with Crippen LogP contribution in [-0.2, 0) is 0 Å². The van der Waals surface area contributed by atoms with E-state index in [2.05, 4.69) is 6.58 Å². The fraction of sp³-hybridized carbons (Fsp3) is 0.778. The van der Waals surface area contributed by atoms with Crippen LogP contribution in [0.4, 0.5) is 0 Å². The molecular formula is C9H15NO2. The zero-order valence-electron chi connectivity index (χ0n) is 7.29. The highest BCUT2D eigenvalue weighted by Crippen LogP contribution is 2.28. The van der Waals surface area contributed by atoms with Crippen LogP contribution >= 0.6 is 0 Å². The Hall–Kier alpha value is -0.860. The second-order valence-electron chi connectivity index (χ2n) is 3.53. The van der Waals surface area contributed by atoms with Gasteiger partial charge in [-0.15, -0.1) is 0 Å². The van der Waals surface area contributed by atoms with Crippen molar-refractivity contribution in [2.75, 3.05) is 0 Å². The van der Waals surface area contributed by atoms with Crippen LogP contribution in [0.1, 0.15) is 38.5 Å². The number of nitrogens with zero attached hydrogens (tertiary/aromatic N) is 1. The maximum atomic E-state index is 10.3. The molecule has 0 unspecified atom stereocenters. The Labute approximate surface area is 72.6 Å². The summed E-state index contributed by atoms with van der Waals surface area (Å²) in [6.07, 6.45) is 6.64. The molecular weight excluding hydrogens is 154 g/mol. The van der Waals surface area contributed by atoms with E-state index in [0.29, 0.717) is 12.3 Å². The van der Waals surface area contributed by atoms with Crippen molar-refractivity contribution in [3.8, 4) is 0 Å². The molecule has 0 saturated heterocycles. The molecule has 0 bridgehead atoms. The first-order valence-electron chi connectivity index (χ1n) is 4.52. The summed E-state index contributed by atoms with van der Waals surface area (Å²) in [4.78, 5) is 9.93. The molecule has 0 N–H and O–H groups in total. The predicted octanol–water partition coefficient (Wildman–Crippen LogP) is 2.75. The summed E-state index contributed by atoms with van der Waals surface area (Å²) in [6, 6.07) is 0. The summed E-state index contributed by atoms with van der Waals surface area (Å²) < 4.78 is 0. The van der Waals surface area contributed by atoms with E-state index in [9.17, 15) is 10.1 Å². The van der Waals surface area contributed by atoms with Crippen LogP contribution in [-0.4, -0.2) is 4.92 Å². The lowest BCUT2D eigenvalue weighted by Gasteiger charge is -2.19. The lowest BCUT2D eigenvalue weighted by molar-refractivity contribution is -0.428. The Morgan fingerprint density at radius 3 is 2.50 bits per heavy atom. The van der Waals surface area contributed by atoms with Gasteiger partial charge < -0.3 is 0 Å². The standard InChI is InChI=1S/C9H15NO2/c1-8(10(11)12)7-9-5-3-2-4-6-9/h9H,1-7H2. The third-order valence-corrected chi connectivity index (χ3v) is 2.51. The van der Waals surface area contributed by atoms with Crippen LogP contribution in [0.5, 0.6) is 0 Å². The van der Waals surface area contributed by atoms with Crippen molar-refractivity contribution in [3.05, 3.63) is 22.4 Å². The van der Waals surface area contributed by atoms with Gasteiger partial charge in [0.15, 0.2) is 0 Å². The summed E-state index contributed by atoms with van der Waals surface area (Å²) in [6.45, 7) is 3.45. The molecule has 0 spiro atoms. The molecule has 0 aromatic rings. The minimum absolute atomic E-state index is 0.182. The first kappa shape index (κ1) is 9.23. The number of allylic oxidation sites excluding steroid dienone is 1. The Morgan fingerprint density at radius 1 is 1.42 bits per heavy atom. The Balaban J connectivity index is 2.29. The summed E-state index contributed by atoms with van der Waals surface area (Å²) in [5.41, 5.74) is 0.182. The van der Waals surface area contributed by atoms with Gasteiger partial charge >= 0.3 is 0 Å². The molecule has 1 rings (SSSR count). The predicted molar refractivity (Wildman–Crippen MR) is 47.3 cm³/mol. The normalized spacial score (nSPS) is 19.0. The molecule has 0 aromatic heterocycles. The zero-order valence-corrected chi connectivity index (χ0v) is 7.29. The Kier molecular flexibility index (Phi) is 3.26. The highest BCUT2D eigenvalue weighted by atomic mass is 16.6. The van der Waals surface area contributed by atoms with Crippen molar-refractivity contribution in [2.45, 2.75) is 38.5 Å². The fourth-order valence-corrected chi connectivity index (χ4v) is 1.80. The van der Waals surface area contributed by atoms with Crippen LogP contribution in [0.25, 0.3) is 0 Å². The molecule has 1 saturated carbocycles. The third kappa shape index (κ3) is 2.64. The number of nitro groups is 1. The molecule has 0 aromatic carbocycles. The quantitative estimate of drug-likeness (QED) is 0.481. The van der Waals surface area contributed by atoms with Gasteiger partial charge in [-0.25, -0.2) is 0 Å². The van der Waals surface area contributed by atoms with Crippen LogP contribution in [0.2, 0.25) is 0 Å². The second-order valence-corrected chi connectivity index (χ2v) is 3.53. The smallest absolute Gasteiger partial charge is 0.239 e. The van der Waals surface area contributed by atoms with E-state index in [-0.39, 0.29) is 10.6 Å². The van der Waals surface area contributed by atoms with E-state index in [4.69, 9.17) is 0 Å². The molecule has 3 heteroatoms. The molecule has 1 aliphatic rings. The third-order valence-electron chi connectivity index (χ3n) is 2.51. The number of hydrogen-bond acceptors (Lipinski definition) is 2. The SMILES string of the molecule is C=C(CC1CCCCC1)[N+](=O)[O-]. The average molecular weight is 169 g/mol. The molecule has 0 atom stereocenters. The van der Waals surface area contributed by atoms with Crippen molar-refractivity contribution in [3.63, 3.8) is 0 Å². The van der Waals surface area contributed by atoms with Crippen molar-refractivity contribution in [1.82, 2.24) is 0 Å². The van der Waals surface area contributed by atoms with E-state index in [1.165, 1.54) is 19.3 Å². The minimum Gasteiger partial charge on any atom is -0.259 e. The van der Waals surface area contributed by atoms with Crippen molar-refractivity contribution in [2.24, 2.45) is 5.92 Å². The molecule has 68 valence electrons. The van der Waals surface area contributed by atoms with Gasteiger partial charge in [-0.05, 0) is 25.3 Å². The maximum Gasteiger partial charge on any atom is 0.239 e. The Bertz CT molecular complexity index is 183. The fourth-order valence-electron chi connectivity index (χ4n) is 1.80. The lowest BCUT2D eigenvalue weighted by Crippen LogP contribution is -2.10. The highest BCUT2D eigenvalue weighted by molar-refractivity contribution is 4.84. The number of hydrogen-bond donors (Lipinski definition) is 0. The van der Waals surface area contributed by atoms with Crippen LogP contribution in [0.3, 0.4) is 0 Å². The summed E-state index contributed by atoms with van der Waals surface area (Å²) in [5.74, 6) is 0.525. The van der Waals surface area contributed by atoms with Gasteiger partial charge in [-0.1, -0.05) is 19.3 Å². The maximum absolute atomic E-state index is 10.3. The molecule has 0 radical (unpaired) electrons. The minimum atomic E-state index is -0.353. The van der Waals surface area contributed by atoms with Gasteiger partial charge in [0.1, 0.15) is 0 Å². The van der Waals surface area contributed by atoms with Crippen LogP contribution in [0.15, 0.2) is 12.3 Å². The van der Waals surface area contributed by atoms with Gasteiger partial charge in [0, 0.05) is 6.42 Å². The highest BCUT2D eigenvalue weighted by Gasteiger charge is 2.18. The average Bonchev–Trinajstić information content (AvgIpc) is 2.06. The summed E-state index contributed by atoms with van der Waals surface area (Å²) in [7, 11) is 0. The van der Waals surface area contributed by atoms with Gasteiger partial charge in [-0.3, -0.25) is 10.1 Å². The van der Waals surface area contributed by atoms with E-state index < -0.39 is 0 Å². The van der Waals surface area contributed by atoms with E-state index in [1.54, 1.807) is 0 Å². The molecule has 1 fully saturated rings. The van der Waals surface area contributed by atoms with Crippen molar-refractivity contribution >= 4 is 0 Å². The molecule has 0 amide bonds. The first-order valence-corrected chi connectivity index (χ1v) is 4.52. The molecule has 12 heavy (non-hydrogen) atoms.